The number of carbonyl (C=O) groups excluding carboxylic acids is 2. The normalized spacial score (nSPS) is 10.8. The van der Waals surface area contributed by atoms with Crippen LogP contribution in [0.1, 0.15) is 39.5 Å². The van der Waals surface area contributed by atoms with Gasteiger partial charge in [0.05, 0.1) is 13.2 Å². The summed E-state index contributed by atoms with van der Waals surface area (Å²) in [6, 6.07) is 17.4. The zero-order chi connectivity index (χ0) is 29.7. The van der Waals surface area contributed by atoms with Crippen LogP contribution in [0.15, 0.2) is 92.4 Å². The van der Waals surface area contributed by atoms with Crippen molar-refractivity contribution in [2.75, 3.05) is 51.1 Å². The smallest absolute Gasteiger partial charge is 0.333 e. The lowest BCUT2D eigenvalue weighted by Crippen LogP contribution is -2.08. The van der Waals surface area contributed by atoms with Crippen LogP contribution in [0.2, 0.25) is 0 Å². The highest BCUT2D eigenvalue weighted by Crippen LogP contribution is 2.31. The van der Waals surface area contributed by atoms with Crippen molar-refractivity contribution in [3.8, 4) is 0 Å². The molecule has 0 aromatic heterocycles. The van der Waals surface area contributed by atoms with Gasteiger partial charge in [0.15, 0.2) is 0 Å². The second kappa shape index (κ2) is 21.5. The standard InChI is InChI=1S/C32H42O6S3/c1-25(2)31(33)37-21-5-17-35-19-7-23-39-27-9-13-29(14-10-27)41-30-15-11-28(12-16-30)40-24-8-20-36-18-6-22-38-32(34)26(3)4/h9-16H,1,3,5-8,17-24H2,2,4H3. The lowest BCUT2D eigenvalue weighted by Gasteiger charge is -2.07. The van der Waals surface area contributed by atoms with E-state index in [1.54, 1.807) is 25.6 Å². The Morgan fingerprint density at radius 1 is 0.561 bits per heavy atom. The number of thioether (sulfide) groups is 2. The molecule has 224 valence electrons. The van der Waals surface area contributed by atoms with E-state index in [-0.39, 0.29) is 11.9 Å². The van der Waals surface area contributed by atoms with E-state index in [2.05, 4.69) is 61.7 Å². The zero-order valence-corrected chi connectivity index (χ0v) is 26.6. The van der Waals surface area contributed by atoms with Crippen LogP contribution in [0.25, 0.3) is 0 Å². The minimum Gasteiger partial charge on any atom is -0.462 e. The molecule has 0 spiro atoms. The molecule has 0 amide bonds. The van der Waals surface area contributed by atoms with Crippen molar-refractivity contribution in [2.24, 2.45) is 0 Å². The third-order valence-electron chi connectivity index (χ3n) is 5.32. The summed E-state index contributed by atoms with van der Waals surface area (Å²) in [5.74, 6) is 1.30. The van der Waals surface area contributed by atoms with Gasteiger partial charge in [-0.2, -0.15) is 0 Å². The van der Waals surface area contributed by atoms with Gasteiger partial charge in [-0.25, -0.2) is 9.59 Å². The number of esters is 2. The van der Waals surface area contributed by atoms with Crippen molar-refractivity contribution in [1.82, 2.24) is 0 Å². The van der Waals surface area contributed by atoms with E-state index in [1.165, 1.54) is 19.6 Å². The topological polar surface area (TPSA) is 71.1 Å². The lowest BCUT2D eigenvalue weighted by atomic mass is 10.4. The first kappa shape index (κ1) is 35.0. The van der Waals surface area contributed by atoms with Crippen LogP contribution < -0.4 is 0 Å². The number of benzene rings is 2. The van der Waals surface area contributed by atoms with Crippen molar-refractivity contribution in [2.45, 2.75) is 59.1 Å². The molecule has 2 aromatic carbocycles. The molecule has 0 atom stereocenters. The second-order valence-electron chi connectivity index (χ2n) is 9.21. The molecule has 0 aliphatic heterocycles. The monoisotopic (exact) mass is 618 g/mol. The summed E-state index contributed by atoms with van der Waals surface area (Å²) in [6.45, 7) is 13.7. The summed E-state index contributed by atoms with van der Waals surface area (Å²) in [7, 11) is 0. The van der Waals surface area contributed by atoms with Crippen molar-refractivity contribution >= 4 is 47.2 Å². The van der Waals surface area contributed by atoms with E-state index in [9.17, 15) is 9.59 Å². The zero-order valence-electron chi connectivity index (χ0n) is 24.2. The highest BCUT2D eigenvalue weighted by atomic mass is 32.2. The molecule has 0 aliphatic rings. The molecule has 41 heavy (non-hydrogen) atoms. The number of hydrogen-bond acceptors (Lipinski definition) is 9. The maximum Gasteiger partial charge on any atom is 0.333 e. The molecule has 0 saturated heterocycles. The fraction of sp³-hybridized carbons (Fsp3) is 0.438. The van der Waals surface area contributed by atoms with Gasteiger partial charge in [0.1, 0.15) is 0 Å². The maximum absolute atomic E-state index is 11.3. The van der Waals surface area contributed by atoms with Crippen molar-refractivity contribution < 1.29 is 28.5 Å². The number of ether oxygens (including phenoxy) is 4. The summed E-state index contributed by atoms with van der Waals surface area (Å²) < 4.78 is 21.3. The second-order valence-corrected chi connectivity index (χ2v) is 12.7. The summed E-state index contributed by atoms with van der Waals surface area (Å²) in [6.07, 6.45) is 3.34. The minimum absolute atomic E-state index is 0.345. The fourth-order valence-corrected chi connectivity index (χ4v) is 5.62. The molecule has 2 aromatic rings. The fourth-order valence-electron chi connectivity index (χ4n) is 3.15. The largest absolute Gasteiger partial charge is 0.462 e. The quantitative estimate of drug-likeness (QED) is 0.0568. The molecule has 0 aliphatic carbocycles. The van der Waals surface area contributed by atoms with Crippen LogP contribution in [-0.4, -0.2) is 63.1 Å². The van der Waals surface area contributed by atoms with Crippen LogP contribution in [0, 0.1) is 0 Å². The first-order valence-corrected chi connectivity index (χ1v) is 16.6. The van der Waals surface area contributed by atoms with Crippen LogP contribution in [0.3, 0.4) is 0 Å². The van der Waals surface area contributed by atoms with Gasteiger partial charge < -0.3 is 18.9 Å². The molecule has 0 unspecified atom stereocenters. The van der Waals surface area contributed by atoms with Gasteiger partial charge in [-0.1, -0.05) is 24.9 Å². The van der Waals surface area contributed by atoms with E-state index < -0.39 is 0 Å². The highest BCUT2D eigenvalue weighted by molar-refractivity contribution is 8.00. The number of carbonyl (C=O) groups is 2. The predicted molar refractivity (Wildman–Crippen MR) is 170 cm³/mol. The Hall–Kier alpha value is -2.17. The van der Waals surface area contributed by atoms with Gasteiger partial charge in [0.2, 0.25) is 0 Å². The third kappa shape index (κ3) is 16.8. The average Bonchev–Trinajstić information content (AvgIpc) is 2.96. The van der Waals surface area contributed by atoms with Gasteiger partial charge >= 0.3 is 11.9 Å². The van der Waals surface area contributed by atoms with Crippen molar-refractivity contribution in [3.63, 3.8) is 0 Å². The number of rotatable bonds is 22. The summed E-state index contributed by atoms with van der Waals surface area (Å²) >= 11 is 5.42. The first-order valence-electron chi connectivity index (χ1n) is 13.8. The van der Waals surface area contributed by atoms with Gasteiger partial charge in [0.25, 0.3) is 0 Å². The van der Waals surface area contributed by atoms with Gasteiger partial charge in [-0.15, -0.1) is 23.5 Å². The summed E-state index contributed by atoms with van der Waals surface area (Å²) in [4.78, 5) is 27.5. The summed E-state index contributed by atoms with van der Waals surface area (Å²) in [5.41, 5.74) is 0.840. The minimum atomic E-state index is -0.345. The maximum atomic E-state index is 11.3. The average molecular weight is 619 g/mol. The Labute approximate surface area is 258 Å². The number of hydrogen-bond donors (Lipinski definition) is 0. The Balaban J connectivity index is 1.51. The van der Waals surface area contributed by atoms with E-state index >= 15 is 0 Å². The van der Waals surface area contributed by atoms with Crippen LogP contribution in [0.4, 0.5) is 0 Å². The van der Waals surface area contributed by atoms with Crippen LogP contribution in [0.5, 0.6) is 0 Å². The molecule has 0 bridgehead atoms. The Kier molecular flexibility index (Phi) is 18.4. The molecule has 0 heterocycles. The van der Waals surface area contributed by atoms with Crippen LogP contribution >= 0.6 is 35.3 Å². The third-order valence-corrected chi connectivity index (χ3v) is 8.53. The van der Waals surface area contributed by atoms with Gasteiger partial charge in [0, 0.05) is 81.5 Å². The van der Waals surface area contributed by atoms with Crippen LogP contribution in [-0.2, 0) is 28.5 Å². The molecule has 0 saturated carbocycles. The van der Waals surface area contributed by atoms with E-state index in [0.717, 1.165) is 24.3 Å². The van der Waals surface area contributed by atoms with Gasteiger partial charge in [-0.05, 0) is 75.2 Å². The molecule has 0 fully saturated rings. The van der Waals surface area contributed by atoms with Crippen molar-refractivity contribution in [3.05, 3.63) is 72.8 Å². The molecule has 0 N–H and O–H groups in total. The summed E-state index contributed by atoms with van der Waals surface area (Å²) in [5, 5.41) is 0. The molecule has 6 nitrogen and oxygen atoms in total. The van der Waals surface area contributed by atoms with E-state index in [4.69, 9.17) is 18.9 Å². The SMILES string of the molecule is C=C(C)C(=O)OCCCOCCCSc1ccc(Sc2ccc(SCCCOCCCOC(=O)C(=C)C)cc2)cc1. The Morgan fingerprint density at radius 2 is 0.902 bits per heavy atom. The molecular formula is C32H42O6S3. The predicted octanol–water partition coefficient (Wildman–Crippen LogP) is 7.85. The highest BCUT2D eigenvalue weighted by Gasteiger charge is 2.04. The van der Waals surface area contributed by atoms with E-state index in [0.29, 0.717) is 63.6 Å². The Morgan fingerprint density at radius 3 is 1.27 bits per heavy atom. The molecule has 0 radical (unpaired) electrons. The molecule has 9 heteroatoms. The first-order chi connectivity index (χ1) is 19.8. The Bertz CT molecular complexity index is 984. The van der Waals surface area contributed by atoms with Crippen molar-refractivity contribution in [1.29, 1.82) is 0 Å². The molecular weight excluding hydrogens is 577 g/mol. The molecule has 2 rings (SSSR count). The van der Waals surface area contributed by atoms with E-state index in [1.807, 2.05) is 23.5 Å². The van der Waals surface area contributed by atoms with Gasteiger partial charge in [-0.3, -0.25) is 0 Å². The lowest BCUT2D eigenvalue weighted by molar-refractivity contribution is -0.140.